The van der Waals surface area contributed by atoms with Gasteiger partial charge in [0.2, 0.25) is 0 Å². The molecule has 0 radical (unpaired) electrons. The van der Waals surface area contributed by atoms with Gasteiger partial charge in [0.1, 0.15) is 34.7 Å². The van der Waals surface area contributed by atoms with Crippen LogP contribution < -0.4 is 4.74 Å². The normalized spacial score (nSPS) is 12.1. The minimum atomic E-state index is 0.0160. The van der Waals surface area contributed by atoms with Crippen LogP contribution in [-0.4, -0.2) is 65.1 Å². The Morgan fingerprint density at radius 3 is 1.90 bits per heavy atom. The first-order valence-electron chi connectivity index (χ1n) is 13.5. The molecule has 4 aromatic carbocycles. The van der Waals surface area contributed by atoms with E-state index in [0.717, 1.165) is 66.0 Å². The van der Waals surface area contributed by atoms with E-state index in [9.17, 15) is 0 Å². The molecule has 208 valence electrons. The number of hydrogen-bond acceptors (Lipinski definition) is 8. The molecule has 2 aromatic heterocycles. The summed E-state index contributed by atoms with van der Waals surface area (Å²) in [5.41, 5.74) is 4.31. The van der Waals surface area contributed by atoms with Crippen LogP contribution in [0.3, 0.4) is 0 Å². The van der Waals surface area contributed by atoms with Crippen molar-refractivity contribution in [3.8, 4) is 5.75 Å². The van der Waals surface area contributed by atoms with Gasteiger partial charge in [-0.15, -0.1) is 0 Å². The van der Waals surface area contributed by atoms with Gasteiger partial charge >= 0.3 is 0 Å². The maximum Gasteiger partial charge on any atom is 0.139 e. The molecular formula is C32H32O8. The van der Waals surface area contributed by atoms with E-state index in [1.807, 2.05) is 30.3 Å². The predicted octanol–water partition coefficient (Wildman–Crippen LogP) is 6.21. The first kappa shape index (κ1) is 26.6. The van der Waals surface area contributed by atoms with E-state index in [2.05, 4.69) is 30.3 Å². The number of furan rings is 2. The first-order chi connectivity index (χ1) is 19.8. The Morgan fingerprint density at radius 1 is 0.575 bits per heavy atom. The number of methoxy groups -OCH3 is 1. The van der Waals surface area contributed by atoms with Gasteiger partial charge in [-0.2, -0.15) is 0 Å². The standard InChI is InChI=1S/C32H32O8/c1-34-12-13-36-16-17-38-22-3-5-26-30(19-22)40-28-9-7-23-24(32(26)28)6-8-27-31(23)25-4-2-21(18-29(25)39-27)20-37-15-14-35-11-10-33/h2-9,18-19,33H,10-17,20H2,1H3. The molecule has 0 unspecified atom stereocenters. The third kappa shape index (κ3) is 5.37. The maximum absolute atomic E-state index is 8.79. The lowest BCUT2D eigenvalue weighted by atomic mass is 9.99. The summed E-state index contributed by atoms with van der Waals surface area (Å²) in [5, 5.41) is 15.3. The van der Waals surface area contributed by atoms with Crippen LogP contribution in [0.4, 0.5) is 0 Å². The van der Waals surface area contributed by atoms with Gasteiger partial charge in [-0.1, -0.05) is 12.1 Å². The molecule has 0 atom stereocenters. The Balaban J connectivity index is 1.27. The molecule has 0 amide bonds. The number of hydrogen-bond donors (Lipinski definition) is 1. The summed E-state index contributed by atoms with van der Waals surface area (Å²) in [6, 6.07) is 20.4. The van der Waals surface area contributed by atoms with Crippen molar-refractivity contribution in [1.29, 1.82) is 0 Å². The van der Waals surface area contributed by atoms with Crippen LogP contribution in [0.15, 0.2) is 69.5 Å². The summed E-state index contributed by atoms with van der Waals surface area (Å²) in [7, 11) is 1.65. The van der Waals surface area contributed by atoms with Crippen molar-refractivity contribution in [3.63, 3.8) is 0 Å². The fraction of sp³-hybridized carbons (Fsp3) is 0.312. The molecule has 2 heterocycles. The zero-order chi connectivity index (χ0) is 27.3. The van der Waals surface area contributed by atoms with E-state index in [4.69, 9.17) is 37.6 Å². The topological polar surface area (TPSA) is 92.7 Å². The van der Waals surface area contributed by atoms with E-state index in [1.54, 1.807) is 7.11 Å². The fourth-order valence-electron chi connectivity index (χ4n) is 5.10. The van der Waals surface area contributed by atoms with Gasteiger partial charge in [0.15, 0.2) is 0 Å². The zero-order valence-electron chi connectivity index (χ0n) is 22.4. The highest BCUT2D eigenvalue weighted by Gasteiger charge is 2.16. The molecule has 6 rings (SSSR count). The largest absolute Gasteiger partial charge is 0.491 e. The van der Waals surface area contributed by atoms with Gasteiger partial charge in [-0.3, -0.25) is 0 Å². The number of fused-ring (bicyclic) bond motifs is 9. The minimum Gasteiger partial charge on any atom is -0.491 e. The number of benzene rings is 4. The molecule has 8 nitrogen and oxygen atoms in total. The highest BCUT2D eigenvalue weighted by molar-refractivity contribution is 6.27. The number of rotatable bonds is 14. The molecule has 0 fully saturated rings. The average molecular weight is 545 g/mol. The highest BCUT2D eigenvalue weighted by Crippen LogP contribution is 2.41. The van der Waals surface area contributed by atoms with E-state index >= 15 is 0 Å². The minimum absolute atomic E-state index is 0.0160. The van der Waals surface area contributed by atoms with Crippen molar-refractivity contribution in [3.05, 3.63) is 66.2 Å². The lowest BCUT2D eigenvalue weighted by Crippen LogP contribution is -2.09. The Labute approximate surface area is 230 Å². The molecule has 0 bridgehead atoms. The monoisotopic (exact) mass is 544 g/mol. The molecule has 0 spiro atoms. The maximum atomic E-state index is 8.79. The van der Waals surface area contributed by atoms with Crippen LogP contribution >= 0.6 is 0 Å². The Kier molecular flexibility index (Phi) is 8.13. The summed E-state index contributed by atoms with van der Waals surface area (Å²) >= 11 is 0. The first-order valence-corrected chi connectivity index (χ1v) is 13.5. The van der Waals surface area contributed by atoms with Gasteiger partial charge in [-0.05, 0) is 58.8 Å². The lowest BCUT2D eigenvalue weighted by molar-refractivity contribution is 0.0274. The third-order valence-electron chi connectivity index (χ3n) is 6.91. The van der Waals surface area contributed by atoms with Gasteiger partial charge in [0.05, 0.1) is 52.9 Å². The third-order valence-corrected chi connectivity index (χ3v) is 6.91. The molecule has 40 heavy (non-hydrogen) atoms. The number of ether oxygens (including phenoxy) is 5. The average Bonchev–Trinajstić information content (AvgIpc) is 3.54. The van der Waals surface area contributed by atoms with Crippen molar-refractivity contribution in [2.75, 3.05) is 60.0 Å². The van der Waals surface area contributed by atoms with Crippen molar-refractivity contribution in [2.45, 2.75) is 6.61 Å². The van der Waals surface area contributed by atoms with Crippen molar-refractivity contribution >= 4 is 54.6 Å². The van der Waals surface area contributed by atoms with Gasteiger partial charge < -0.3 is 37.6 Å². The van der Waals surface area contributed by atoms with E-state index in [0.29, 0.717) is 52.9 Å². The second kappa shape index (κ2) is 12.2. The molecule has 0 aliphatic rings. The number of aliphatic hydroxyl groups excluding tert-OH is 1. The van der Waals surface area contributed by atoms with Crippen molar-refractivity contribution < 1.29 is 37.6 Å². The van der Waals surface area contributed by atoms with E-state index < -0.39 is 0 Å². The molecule has 6 aromatic rings. The van der Waals surface area contributed by atoms with Gasteiger partial charge in [-0.25, -0.2) is 0 Å². The summed E-state index contributed by atoms with van der Waals surface area (Å²) in [4.78, 5) is 0. The lowest BCUT2D eigenvalue weighted by Gasteiger charge is -2.07. The van der Waals surface area contributed by atoms with Crippen LogP contribution in [0.5, 0.6) is 5.75 Å². The number of aliphatic hydroxyl groups is 1. The van der Waals surface area contributed by atoms with Crippen LogP contribution in [0, 0.1) is 0 Å². The Morgan fingerprint density at radius 2 is 1.18 bits per heavy atom. The summed E-state index contributed by atoms with van der Waals surface area (Å²) in [6.07, 6.45) is 0. The quantitative estimate of drug-likeness (QED) is 0.162. The molecule has 1 N–H and O–H groups in total. The molecule has 0 saturated heterocycles. The SMILES string of the molecule is COCCOCCOc1ccc2c(c1)oc1ccc3c(ccc4oc5cc(COCCOCCO)ccc5c43)c12. The van der Waals surface area contributed by atoms with Crippen LogP contribution in [0.1, 0.15) is 5.56 Å². The second-order valence-electron chi connectivity index (χ2n) is 9.51. The van der Waals surface area contributed by atoms with Crippen LogP contribution in [0.2, 0.25) is 0 Å². The molecule has 0 aliphatic heterocycles. The van der Waals surface area contributed by atoms with E-state index in [1.165, 1.54) is 0 Å². The zero-order valence-corrected chi connectivity index (χ0v) is 22.4. The molecular weight excluding hydrogens is 512 g/mol. The summed E-state index contributed by atoms with van der Waals surface area (Å²) in [6.45, 7) is 3.79. The smallest absolute Gasteiger partial charge is 0.139 e. The molecule has 0 saturated carbocycles. The van der Waals surface area contributed by atoms with E-state index in [-0.39, 0.29) is 6.61 Å². The van der Waals surface area contributed by atoms with Crippen molar-refractivity contribution in [2.24, 2.45) is 0 Å². The van der Waals surface area contributed by atoms with Crippen molar-refractivity contribution in [1.82, 2.24) is 0 Å². The summed E-state index contributed by atoms with van der Waals surface area (Å²) < 4.78 is 39.8. The Hall–Kier alpha value is -3.66. The van der Waals surface area contributed by atoms with Crippen LogP contribution in [0.25, 0.3) is 54.6 Å². The molecule has 8 heteroatoms. The predicted molar refractivity (Wildman–Crippen MR) is 154 cm³/mol. The second-order valence-corrected chi connectivity index (χ2v) is 9.51. The fourth-order valence-corrected chi connectivity index (χ4v) is 5.10. The molecule has 0 aliphatic carbocycles. The summed E-state index contributed by atoms with van der Waals surface area (Å²) in [5.74, 6) is 0.742. The van der Waals surface area contributed by atoms with Gasteiger partial charge in [0.25, 0.3) is 0 Å². The van der Waals surface area contributed by atoms with Crippen LogP contribution in [-0.2, 0) is 25.6 Å². The highest BCUT2D eigenvalue weighted by atomic mass is 16.5. The Bertz CT molecular complexity index is 1620. The van der Waals surface area contributed by atoms with Gasteiger partial charge in [0, 0.05) is 34.7 Å².